The van der Waals surface area contributed by atoms with E-state index in [2.05, 4.69) is 0 Å². The third kappa shape index (κ3) is 5.64. The van der Waals surface area contributed by atoms with E-state index in [1.807, 2.05) is 0 Å². The lowest BCUT2D eigenvalue weighted by Gasteiger charge is -2.31. The minimum atomic E-state index is -6.27. The number of carbonyl (C=O) groups excluding carboxylic acids is 3. The number of aryl methyl sites for hydroxylation is 1. The molecule has 0 aliphatic rings. The molecule has 0 aromatic heterocycles. The molecule has 0 aliphatic heterocycles. The van der Waals surface area contributed by atoms with Gasteiger partial charge in [-0.2, -0.15) is 26.3 Å². The molecule has 3 aromatic carbocycles. The van der Waals surface area contributed by atoms with Gasteiger partial charge in [0.2, 0.25) is 0 Å². The topological polar surface area (TPSA) is 57.7 Å². The van der Waals surface area contributed by atoms with Gasteiger partial charge in [0, 0.05) is 35.1 Å². The Balaban J connectivity index is 1.95. The molecule has 3 aromatic rings. The molecule has 0 spiro atoms. The van der Waals surface area contributed by atoms with E-state index in [1.165, 1.54) is 31.3 Å². The second kappa shape index (κ2) is 10.9. The van der Waals surface area contributed by atoms with E-state index in [9.17, 15) is 45.1 Å². The van der Waals surface area contributed by atoms with Gasteiger partial charge >= 0.3 is 18.0 Å². The fraction of sp³-hybridized carbons (Fsp3) is 0.222. The Morgan fingerprint density at radius 1 is 0.769 bits per heavy atom. The van der Waals surface area contributed by atoms with E-state index in [-0.39, 0.29) is 34.6 Å². The summed E-state index contributed by atoms with van der Waals surface area (Å²) in [6.07, 6.45) is -12.0. The molecule has 0 aliphatic carbocycles. The average molecular weight is 554 g/mol. The Hall–Kier alpha value is -4.22. The minimum absolute atomic E-state index is 0.000610. The first-order valence-corrected chi connectivity index (χ1v) is 11.3. The van der Waals surface area contributed by atoms with E-state index in [0.717, 1.165) is 22.8 Å². The van der Waals surface area contributed by atoms with Crippen molar-refractivity contribution >= 4 is 29.5 Å². The maximum atomic E-state index is 14.5. The number of alkyl halides is 7. The summed E-state index contributed by atoms with van der Waals surface area (Å²) in [6, 6.07) is 15.1. The van der Waals surface area contributed by atoms with Crippen LogP contribution in [0.5, 0.6) is 0 Å². The molecule has 0 bridgehead atoms. The summed E-state index contributed by atoms with van der Waals surface area (Å²) >= 11 is 0. The van der Waals surface area contributed by atoms with Crippen molar-refractivity contribution in [2.75, 3.05) is 23.4 Å². The van der Waals surface area contributed by atoms with Gasteiger partial charge in [0.25, 0.3) is 11.8 Å². The van der Waals surface area contributed by atoms with Crippen LogP contribution in [-0.2, 0) is 10.5 Å². The van der Waals surface area contributed by atoms with E-state index in [0.29, 0.717) is 18.4 Å². The van der Waals surface area contributed by atoms with Crippen molar-refractivity contribution in [1.82, 2.24) is 0 Å². The van der Waals surface area contributed by atoms with Crippen LogP contribution in [0.15, 0.2) is 72.8 Å². The van der Waals surface area contributed by atoms with Gasteiger partial charge in [-0.1, -0.05) is 36.4 Å². The van der Waals surface area contributed by atoms with Gasteiger partial charge in [-0.25, -0.2) is 4.39 Å². The SMILES string of the molecule is Cc1cc(C(F)(C(F)(F)F)C(F)(F)F)ccc1N(C)C(=O)c1cccc(N(CC=O)C(=O)c2ccccc2)c1. The summed E-state index contributed by atoms with van der Waals surface area (Å²) in [7, 11) is 1.23. The molecule has 12 heteroatoms. The van der Waals surface area contributed by atoms with E-state index in [4.69, 9.17) is 0 Å². The van der Waals surface area contributed by atoms with Crippen molar-refractivity contribution in [3.8, 4) is 0 Å². The van der Waals surface area contributed by atoms with Crippen LogP contribution in [-0.4, -0.2) is 44.0 Å². The van der Waals surface area contributed by atoms with Crippen LogP contribution in [0.4, 0.5) is 42.1 Å². The van der Waals surface area contributed by atoms with Crippen molar-refractivity contribution in [2.24, 2.45) is 0 Å². The zero-order valence-corrected chi connectivity index (χ0v) is 20.5. The Kier molecular flexibility index (Phi) is 8.18. The Morgan fingerprint density at radius 3 is 1.90 bits per heavy atom. The Morgan fingerprint density at radius 2 is 1.36 bits per heavy atom. The summed E-state index contributed by atoms with van der Waals surface area (Å²) in [4.78, 5) is 39.5. The lowest BCUT2D eigenvalue weighted by molar-refractivity contribution is -0.348. The second-order valence-corrected chi connectivity index (χ2v) is 8.52. The van der Waals surface area contributed by atoms with Crippen molar-refractivity contribution in [3.05, 3.63) is 95.1 Å². The van der Waals surface area contributed by atoms with Gasteiger partial charge in [-0.3, -0.25) is 9.59 Å². The van der Waals surface area contributed by atoms with Gasteiger partial charge in [-0.15, -0.1) is 0 Å². The lowest BCUT2D eigenvalue weighted by atomic mass is 9.92. The number of carbonyl (C=O) groups is 3. The monoisotopic (exact) mass is 554 g/mol. The first-order chi connectivity index (χ1) is 18.1. The van der Waals surface area contributed by atoms with Crippen LogP contribution in [0.1, 0.15) is 31.8 Å². The molecule has 3 rings (SSSR count). The molecular formula is C27H21F7N2O3. The summed E-state index contributed by atoms with van der Waals surface area (Å²) in [5.74, 6) is -1.25. The molecular weight excluding hydrogens is 533 g/mol. The highest BCUT2D eigenvalue weighted by atomic mass is 19.4. The number of hydrogen-bond acceptors (Lipinski definition) is 3. The van der Waals surface area contributed by atoms with Gasteiger partial charge in [0.05, 0.1) is 6.54 Å². The molecule has 206 valence electrons. The lowest BCUT2D eigenvalue weighted by Crippen LogP contribution is -2.50. The smallest absolute Gasteiger partial charge is 0.311 e. The minimum Gasteiger partial charge on any atom is -0.311 e. The third-order valence-electron chi connectivity index (χ3n) is 5.97. The predicted molar refractivity (Wildman–Crippen MR) is 129 cm³/mol. The zero-order valence-electron chi connectivity index (χ0n) is 20.5. The van der Waals surface area contributed by atoms with Crippen LogP contribution in [0.2, 0.25) is 0 Å². The number of benzene rings is 3. The number of amides is 2. The number of aldehydes is 1. The quantitative estimate of drug-likeness (QED) is 0.251. The highest BCUT2D eigenvalue weighted by molar-refractivity contribution is 6.10. The van der Waals surface area contributed by atoms with Crippen molar-refractivity contribution in [2.45, 2.75) is 24.9 Å². The Labute approximate surface area is 218 Å². The van der Waals surface area contributed by atoms with Gasteiger partial charge in [0.15, 0.2) is 0 Å². The summed E-state index contributed by atoms with van der Waals surface area (Å²) in [5.41, 5.74) is -7.10. The molecule has 2 amide bonds. The third-order valence-corrected chi connectivity index (χ3v) is 5.97. The predicted octanol–water partition coefficient (Wildman–Crippen LogP) is 6.41. The number of halogens is 7. The second-order valence-electron chi connectivity index (χ2n) is 8.52. The molecule has 0 radical (unpaired) electrons. The maximum absolute atomic E-state index is 14.5. The van der Waals surface area contributed by atoms with E-state index in [1.54, 1.807) is 30.3 Å². The normalized spacial score (nSPS) is 12.1. The van der Waals surface area contributed by atoms with Crippen LogP contribution in [0, 0.1) is 6.92 Å². The van der Waals surface area contributed by atoms with E-state index >= 15 is 0 Å². The maximum Gasteiger partial charge on any atom is 0.435 e. The summed E-state index contributed by atoms with van der Waals surface area (Å²) in [5, 5.41) is 0. The molecule has 0 N–H and O–H groups in total. The molecule has 0 fully saturated rings. The van der Waals surface area contributed by atoms with Gasteiger partial charge < -0.3 is 14.6 Å². The van der Waals surface area contributed by atoms with Crippen LogP contribution >= 0.6 is 0 Å². The first kappa shape index (κ1) is 29.3. The summed E-state index contributed by atoms with van der Waals surface area (Å²) in [6.45, 7) is 0.807. The molecule has 0 atom stereocenters. The van der Waals surface area contributed by atoms with Gasteiger partial charge in [-0.05, 0) is 48.9 Å². The van der Waals surface area contributed by atoms with Crippen LogP contribution in [0.3, 0.4) is 0 Å². The average Bonchev–Trinajstić information content (AvgIpc) is 2.89. The molecule has 0 saturated carbocycles. The van der Waals surface area contributed by atoms with E-state index < -0.39 is 35.4 Å². The molecule has 0 unspecified atom stereocenters. The number of hydrogen-bond donors (Lipinski definition) is 0. The summed E-state index contributed by atoms with van der Waals surface area (Å²) < 4.78 is 93.3. The van der Waals surface area contributed by atoms with Crippen molar-refractivity contribution < 1.29 is 45.1 Å². The highest BCUT2D eigenvalue weighted by Crippen LogP contribution is 2.53. The molecule has 0 heterocycles. The fourth-order valence-corrected chi connectivity index (χ4v) is 3.96. The van der Waals surface area contributed by atoms with Crippen molar-refractivity contribution in [1.29, 1.82) is 0 Å². The van der Waals surface area contributed by atoms with Crippen LogP contribution < -0.4 is 9.80 Å². The number of anilines is 2. The Bertz CT molecular complexity index is 1360. The largest absolute Gasteiger partial charge is 0.435 e. The fourth-order valence-electron chi connectivity index (χ4n) is 3.96. The van der Waals surface area contributed by atoms with Crippen LogP contribution in [0.25, 0.3) is 0 Å². The molecule has 39 heavy (non-hydrogen) atoms. The standard InChI is InChI=1S/C27H21F7N2O3/c1-17-15-20(25(28,26(29,30)31)27(32,33)34)11-12-22(17)35(2)23(38)19-9-6-10-21(16-19)36(13-14-37)24(39)18-7-4-3-5-8-18/h3-12,14-16H,13H2,1-2H3. The highest BCUT2D eigenvalue weighted by Gasteiger charge is 2.73. The van der Waals surface area contributed by atoms with Gasteiger partial charge in [0.1, 0.15) is 6.29 Å². The van der Waals surface area contributed by atoms with Crippen molar-refractivity contribution in [3.63, 3.8) is 0 Å². The first-order valence-electron chi connectivity index (χ1n) is 11.3. The number of rotatable bonds is 7. The number of nitrogens with zero attached hydrogens (tertiary/aromatic N) is 2. The molecule has 5 nitrogen and oxygen atoms in total. The zero-order chi connectivity index (χ0) is 29.2. The molecule has 0 saturated heterocycles.